The number of ketones is 1. The molecule has 94 valence electrons. The van der Waals surface area contributed by atoms with Crippen LogP contribution in [0.25, 0.3) is 0 Å². The second-order valence-corrected chi connectivity index (χ2v) is 8.13. The number of fused-ring (bicyclic) bond motifs is 3. The van der Waals surface area contributed by atoms with Crippen LogP contribution in [0.3, 0.4) is 0 Å². The number of carbonyl (C=O) groups is 1. The van der Waals surface area contributed by atoms with Crippen molar-refractivity contribution in [3.8, 4) is 0 Å². The van der Waals surface area contributed by atoms with Crippen LogP contribution in [0, 0.1) is 17.8 Å². The van der Waals surface area contributed by atoms with E-state index < -0.39 is 5.79 Å². The molecule has 1 aliphatic heterocycles. The van der Waals surface area contributed by atoms with Crippen LogP contribution < -0.4 is 0 Å². The zero-order valence-corrected chi connectivity index (χ0v) is 12.5. The molecular weight excluding hydrogens is 352 g/mol. The Kier molecular flexibility index (Phi) is 2.24. The molecule has 4 aliphatic rings. The summed E-state index contributed by atoms with van der Waals surface area (Å²) in [5.74, 6) is 0.608. The largest absolute Gasteiger partial charge is 0.346 e. The molecular formula is C12H14Br2O3. The topological polar surface area (TPSA) is 35.5 Å². The lowest BCUT2D eigenvalue weighted by Crippen LogP contribution is -2.48. The molecule has 4 rings (SSSR count). The number of hydrogen-bond donors (Lipinski definition) is 0. The SMILES string of the molecule is O=C1[C@H]2[C@@H](C[C@@H]1Br)[C@@]1(Br)CC[C@@H]2C12OCCO2. The van der Waals surface area contributed by atoms with E-state index in [1.807, 2.05) is 0 Å². The maximum atomic E-state index is 12.3. The van der Waals surface area contributed by atoms with Crippen molar-refractivity contribution in [2.24, 2.45) is 17.8 Å². The van der Waals surface area contributed by atoms with E-state index in [0.717, 1.165) is 19.3 Å². The second kappa shape index (κ2) is 3.35. The van der Waals surface area contributed by atoms with Crippen LogP contribution in [0.2, 0.25) is 0 Å². The summed E-state index contributed by atoms with van der Waals surface area (Å²) >= 11 is 7.42. The zero-order chi connectivity index (χ0) is 11.8. The fourth-order valence-electron chi connectivity index (χ4n) is 4.62. The van der Waals surface area contributed by atoms with Crippen molar-refractivity contribution in [1.29, 1.82) is 0 Å². The van der Waals surface area contributed by atoms with Gasteiger partial charge in [-0.3, -0.25) is 4.79 Å². The fraction of sp³-hybridized carbons (Fsp3) is 0.917. The van der Waals surface area contributed by atoms with Gasteiger partial charge in [-0.25, -0.2) is 0 Å². The van der Waals surface area contributed by atoms with Crippen LogP contribution in [-0.4, -0.2) is 33.9 Å². The van der Waals surface area contributed by atoms with Crippen molar-refractivity contribution in [2.75, 3.05) is 13.2 Å². The summed E-state index contributed by atoms with van der Waals surface area (Å²) in [6, 6.07) is 0. The summed E-state index contributed by atoms with van der Waals surface area (Å²) < 4.78 is 11.8. The van der Waals surface area contributed by atoms with Gasteiger partial charge in [-0.2, -0.15) is 0 Å². The summed E-state index contributed by atoms with van der Waals surface area (Å²) in [5, 5.41) is 0. The van der Waals surface area contributed by atoms with E-state index in [1.165, 1.54) is 0 Å². The van der Waals surface area contributed by atoms with Gasteiger partial charge < -0.3 is 9.47 Å². The smallest absolute Gasteiger partial charge is 0.187 e. The maximum Gasteiger partial charge on any atom is 0.187 e. The number of ether oxygens (including phenoxy) is 2. The number of alkyl halides is 2. The lowest BCUT2D eigenvalue weighted by Gasteiger charge is -2.37. The van der Waals surface area contributed by atoms with Crippen molar-refractivity contribution < 1.29 is 14.3 Å². The van der Waals surface area contributed by atoms with Crippen LogP contribution in [0.1, 0.15) is 19.3 Å². The lowest BCUT2D eigenvalue weighted by molar-refractivity contribution is -0.184. The highest BCUT2D eigenvalue weighted by atomic mass is 79.9. The predicted molar refractivity (Wildman–Crippen MR) is 68.3 cm³/mol. The van der Waals surface area contributed by atoms with E-state index in [1.54, 1.807) is 0 Å². The summed E-state index contributed by atoms with van der Waals surface area (Å²) in [5.41, 5.74) is 0. The Morgan fingerprint density at radius 1 is 1.24 bits per heavy atom. The number of rotatable bonds is 0. The van der Waals surface area contributed by atoms with Crippen molar-refractivity contribution in [3.63, 3.8) is 0 Å². The molecule has 4 fully saturated rings. The highest BCUT2D eigenvalue weighted by molar-refractivity contribution is 9.10. The monoisotopic (exact) mass is 364 g/mol. The summed E-state index contributed by atoms with van der Waals surface area (Å²) in [6.45, 7) is 1.32. The second-order valence-electron chi connectivity index (χ2n) is 5.61. The minimum atomic E-state index is -0.509. The highest BCUT2D eigenvalue weighted by Gasteiger charge is 2.78. The Morgan fingerprint density at radius 2 is 1.94 bits per heavy atom. The Bertz CT molecular complexity index is 393. The molecule has 5 heteroatoms. The quantitative estimate of drug-likeness (QED) is 0.617. The number of carbonyl (C=O) groups excluding carboxylic acids is 1. The first kappa shape index (κ1) is 11.4. The third kappa shape index (κ3) is 1.10. The molecule has 2 bridgehead atoms. The van der Waals surface area contributed by atoms with E-state index in [-0.39, 0.29) is 21.0 Å². The molecule has 17 heavy (non-hydrogen) atoms. The molecule has 0 aromatic rings. The van der Waals surface area contributed by atoms with Gasteiger partial charge in [0.2, 0.25) is 0 Å². The van der Waals surface area contributed by atoms with Crippen LogP contribution in [0.4, 0.5) is 0 Å². The van der Waals surface area contributed by atoms with Crippen molar-refractivity contribution >= 4 is 37.6 Å². The minimum absolute atomic E-state index is 0.0359. The van der Waals surface area contributed by atoms with Crippen molar-refractivity contribution in [2.45, 2.75) is 34.2 Å². The molecule has 0 aromatic carbocycles. The van der Waals surface area contributed by atoms with Gasteiger partial charge in [0.1, 0.15) is 5.78 Å². The Balaban J connectivity index is 1.83. The molecule has 5 atom stereocenters. The average Bonchev–Trinajstić information content (AvgIpc) is 2.99. The molecule has 1 spiro atoms. The number of Topliss-reactive ketones (excluding diaryl/α,β-unsaturated/α-hetero) is 1. The van der Waals surface area contributed by atoms with Gasteiger partial charge in [-0.1, -0.05) is 31.9 Å². The minimum Gasteiger partial charge on any atom is -0.346 e. The molecule has 3 saturated carbocycles. The van der Waals surface area contributed by atoms with Gasteiger partial charge in [0, 0.05) is 11.8 Å². The standard InChI is InChI=1S/C12H14Br2O3/c13-8-5-7-9(10(8)15)6-1-2-11(7,14)12(6)16-3-4-17-12/h6-9H,1-5H2/t6-,7+,8-,9+,11-/m0/s1. The third-order valence-corrected chi connectivity index (χ3v) is 7.52. The van der Waals surface area contributed by atoms with E-state index in [9.17, 15) is 4.79 Å². The lowest BCUT2D eigenvalue weighted by atomic mass is 9.81. The van der Waals surface area contributed by atoms with Crippen molar-refractivity contribution in [1.82, 2.24) is 0 Å². The normalized spacial score (nSPS) is 54.8. The first-order valence-electron chi connectivity index (χ1n) is 6.25. The van der Waals surface area contributed by atoms with E-state index in [4.69, 9.17) is 9.47 Å². The molecule has 0 N–H and O–H groups in total. The van der Waals surface area contributed by atoms with Crippen LogP contribution in [0.5, 0.6) is 0 Å². The summed E-state index contributed by atoms with van der Waals surface area (Å²) in [7, 11) is 0. The molecule has 1 saturated heterocycles. The average molecular weight is 366 g/mol. The Hall–Kier alpha value is 0.550. The number of hydrogen-bond acceptors (Lipinski definition) is 3. The summed E-state index contributed by atoms with van der Waals surface area (Å²) in [4.78, 5) is 12.3. The van der Waals surface area contributed by atoms with Gasteiger partial charge in [-0.05, 0) is 25.2 Å². The van der Waals surface area contributed by atoms with Crippen LogP contribution in [-0.2, 0) is 14.3 Å². The van der Waals surface area contributed by atoms with Crippen LogP contribution in [0.15, 0.2) is 0 Å². The van der Waals surface area contributed by atoms with Gasteiger partial charge in [0.05, 0.1) is 22.4 Å². The van der Waals surface area contributed by atoms with E-state index in [2.05, 4.69) is 31.9 Å². The predicted octanol–water partition coefficient (Wildman–Crippen LogP) is 2.26. The van der Waals surface area contributed by atoms with Crippen LogP contribution >= 0.6 is 31.9 Å². The highest BCUT2D eigenvalue weighted by Crippen LogP contribution is 2.71. The molecule has 3 nitrogen and oxygen atoms in total. The first-order valence-corrected chi connectivity index (χ1v) is 7.96. The number of halogens is 2. The maximum absolute atomic E-state index is 12.3. The first-order chi connectivity index (χ1) is 8.10. The van der Waals surface area contributed by atoms with Gasteiger partial charge in [0.15, 0.2) is 5.79 Å². The zero-order valence-electron chi connectivity index (χ0n) is 9.33. The summed E-state index contributed by atoms with van der Waals surface area (Å²) in [6.07, 6.45) is 3.02. The third-order valence-electron chi connectivity index (χ3n) is 5.16. The molecule has 1 heterocycles. The molecule has 0 radical (unpaired) electrons. The van der Waals surface area contributed by atoms with Gasteiger partial charge in [-0.15, -0.1) is 0 Å². The van der Waals surface area contributed by atoms with E-state index in [0.29, 0.717) is 24.9 Å². The molecule has 0 amide bonds. The van der Waals surface area contributed by atoms with Crippen molar-refractivity contribution in [3.05, 3.63) is 0 Å². The van der Waals surface area contributed by atoms with Gasteiger partial charge >= 0.3 is 0 Å². The molecule has 0 unspecified atom stereocenters. The fourth-order valence-corrected chi connectivity index (χ4v) is 6.55. The Morgan fingerprint density at radius 3 is 2.59 bits per heavy atom. The molecule has 3 aliphatic carbocycles. The van der Waals surface area contributed by atoms with Gasteiger partial charge in [0.25, 0.3) is 0 Å². The van der Waals surface area contributed by atoms with E-state index >= 15 is 0 Å². The Labute approximate surface area is 117 Å². The molecule has 0 aromatic heterocycles.